The number of aryl methyl sites for hydroxylation is 1. The van der Waals surface area contributed by atoms with E-state index in [-0.39, 0.29) is 0 Å². The molecule has 0 amide bonds. The topological polar surface area (TPSA) is 40.5 Å². The number of hydrogen-bond donors (Lipinski definition) is 2. The molecular weight excluding hydrogens is 164 g/mol. The molecule has 0 fully saturated rings. The summed E-state index contributed by atoms with van der Waals surface area (Å²) in [6, 6.07) is 7.32. The van der Waals surface area contributed by atoms with Crippen LogP contribution in [0.3, 0.4) is 0 Å². The van der Waals surface area contributed by atoms with Crippen LogP contribution in [0.1, 0.15) is 30.3 Å². The predicted octanol–water partition coefficient (Wildman–Crippen LogP) is 1.83. The van der Waals surface area contributed by atoms with Crippen LogP contribution in [0.4, 0.5) is 0 Å². The molecule has 0 aromatic heterocycles. The maximum absolute atomic E-state index is 8.84. The summed E-state index contributed by atoms with van der Waals surface area (Å²) in [5.41, 5.74) is 1.76. The van der Waals surface area contributed by atoms with Crippen LogP contribution in [0.2, 0.25) is 0 Å². The van der Waals surface area contributed by atoms with E-state index in [1.165, 1.54) is 5.56 Å². The van der Waals surface area contributed by atoms with Crippen molar-refractivity contribution in [3.63, 3.8) is 0 Å². The van der Waals surface area contributed by atoms with E-state index in [0.29, 0.717) is 5.56 Å². The zero-order chi connectivity index (χ0) is 9.68. The van der Waals surface area contributed by atoms with E-state index in [0.717, 1.165) is 19.3 Å². The van der Waals surface area contributed by atoms with Crippen molar-refractivity contribution in [2.45, 2.75) is 25.6 Å². The van der Waals surface area contributed by atoms with Gasteiger partial charge in [-0.3, -0.25) is 0 Å². The molecule has 1 aromatic rings. The zero-order valence-electron chi connectivity index (χ0n) is 7.61. The standard InChI is InChI=1S/C11H15O2/c1-2-3-4-9-5-7-10(8-6-9)11(12)13/h5-8,11-13H,1-4H2. The van der Waals surface area contributed by atoms with E-state index in [9.17, 15) is 0 Å². The Labute approximate surface area is 78.8 Å². The van der Waals surface area contributed by atoms with Crippen LogP contribution in [0.5, 0.6) is 0 Å². The lowest BCUT2D eigenvalue weighted by atomic mass is 10.1. The summed E-state index contributed by atoms with van der Waals surface area (Å²) < 4.78 is 0. The minimum Gasteiger partial charge on any atom is -0.364 e. The normalized spacial score (nSPS) is 10.8. The van der Waals surface area contributed by atoms with Crippen LogP contribution in [-0.2, 0) is 6.42 Å². The molecule has 1 radical (unpaired) electrons. The first kappa shape index (κ1) is 10.2. The summed E-state index contributed by atoms with van der Waals surface area (Å²) in [6.45, 7) is 3.77. The van der Waals surface area contributed by atoms with E-state index in [2.05, 4.69) is 6.92 Å². The highest BCUT2D eigenvalue weighted by molar-refractivity contribution is 5.23. The minimum absolute atomic E-state index is 0.540. The smallest absolute Gasteiger partial charge is 0.178 e. The number of hydrogen-bond acceptors (Lipinski definition) is 2. The molecule has 13 heavy (non-hydrogen) atoms. The second-order valence-electron chi connectivity index (χ2n) is 3.07. The lowest BCUT2D eigenvalue weighted by Gasteiger charge is -2.04. The highest BCUT2D eigenvalue weighted by atomic mass is 16.5. The van der Waals surface area contributed by atoms with Crippen molar-refractivity contribution >= 4 is 0 Å². The molecule has 0 saturated carbocycles. The van der Waals surface area contributed by atoms with Gasteiger partial charge in [0.1, 0.15) is 0 Å². The average molecular weight is 179 g/mol. The van der Waals surface area contributed by atoms with Gasteiger partial charge in [0.25, 0.3) is 0 Å². The van der Waals surface area contributed by atoms with Gasteiger partial charge >= 0.3 is 0 Å². The number of rotatable bonds is 4. The van der Waals surface area contributed by atoms with Crippen molar-refractivity contribution in [2.75, 3.05) is 0 Å². The fourth-order valence-corrected chi connectivity index (χ4v) is 1.19. The van der Waals surface area contributed by atoms with Gasteiger partial charge in [0, 0.05) is 5.56 Å². The third-order valence-corrected chi connectivity index (χ3v) is 1.99. The van der Waals surface area contributed by atoms with Crippen molar-refractivity contribution < 1.29 is 10.2 Å². The first-order valence-corrected chi connectivity index (χ1v) is 4.48. The van der Waals surface area contributed by atoms with E-state index < -0.39 is 6.29 Å². The summed E-state index contributed by atoms with van der Waals surface area (Å²) in [6.07, 6.45) is 1.65. The molecule has 71 valence electrons. The number of aliphatic hydroxyl groups excluding tert-OH is 1. The predicted molar refractivity (Wildman–Crippen MR) is 51.9 cm³/mol. The van der Waals surface area contributed by atoms with Gasteiger partial charge in [0.15, 0.2) is 6.29 Å². The monoisotopic (exact) mass is 179 g/mol. The fraction of sp³-hybridized carbons (Fsp3) is 0.364. The van der Waals surface area contributed by atoms with Crippen LogP contribution in [0.25, 0.3) is 0 Å². The van der Waals surface area contributed by atoms with Crippen LogP contribution < -0.4 is 0 Å². The van der Waals surface area contributed by atoms with Gasteiger partial charge in [-0.15, -0.1) is 0 Å². The van der Waals surface area contributed by atoms with Gasteiger partial charge in [-0.1, -0.05) is 37.6 Å². The number of benzene rings is 1. The molecule has 2 N–H and O–H groups in total. The molecule has 0 aliphatic heterocycles. The first-order valence-electron chi connectivity index (χ1n) is 4.48. The molecule has 0 unspecified atom stereocenters. The quantitative estimate of drug-likeness (QED) is 0.692. The van der Waals surface area contributed by atoms with Gasteiger partial charge in [-0.05, 0) is 18.4 Å². The van der Waals surface area contributed by atoms with E-state index in [4.69, 9.17) is 10.2 Å². The van der Waals surface area contributed by atoms with Crippen molar-refractivity contribution in [1.29, 1.82) is 0 Å². The molecule has 0 spiro atoms. The molecule has 0 atom stereocenters. The lowest BCUT2D eigenvalue weighted by molar-refractivity contribution is -0.0424. The van der Waals surface area contributed by atoms with E-state index in [1.807, 2.05) is 12.1 Å². The third kappa shape index (κ3) is 3.17. The second kappa shape index (κ2) is 5.00. The maximum Gasteiger partial charge on any atom is 0.178 e. The SMILES string of the molecule is [CH2]CCCc1ccc(C(O)O)cc1. The molecule has 2 heteroatoms. The van der Waals surface area contributed by atoms with Crippen molar-refractivity contribution in [3.8, 4) is 0 Å². The summed E-state index contributed by atoms with van der Waals surface area (Å²) >= 11 is 0. The zero-order valence-corrected chi connectivity index (χ0v) is 7.61. The Bertz CT molecular complexity index is 239. The van der Waals surface area contributed by atoms with Gasteiger partial charge in [0.05, 0.1) is 0 Å². The molecule has 1 aromatic carbocycles. The van der Waals surface area contributed by atoms with Gasteiger partial charge < -0.3 is 10.2 Å². The molecule has 0 bridgehead atoms. The largest absolute Gasteiger partial charge is 0.364 e. The van der Waals surface area contributed by atoms with E-state index in [1.54, 1.807) is 12.1 Å². The van der Waals surface area contributed by atoms with Gasteiger partial charge in [0.2, 0.25) is 0 Å². The average Bonchev–Trinajstić information content (AvgIpc) is 2.15. The van der Waals surface area contributed by atoms with Crippen LogP contribution in [0, 0.1) is 6.92 Å². The Morgan fingerprint density at radius 1 is 1.15 bits per heavy atom. The Kier molecular flexibility index (Phi) is 3.93. The first-order chi connectivity index (χ1) is 6.24. The Balaban J connectivity index is 2.59. The molecular formula is C11H15O2. The molecule has 2 nitrogen and oxygen atoms in total. The third-order valence-electron chi connectivity index (χ3n) is 1.99. The number of unbranched alkanes of at least 4 members (excludes halogenated alkanes) is 1. The van der Waals surface area contributed by atoms with Crippen molar-refractivity contribution in [3.05, 3.63) is 42.3 Å². The summed E-state index contributed by atoms with van der Waals surface area (Å²) in [5.74, 6) is 0. The fourth-order valence-electron chi connectivity index (χ4n) is 1.19. The van der Waals surface area contributed by atoms with E-state index >= 15 is 0 Å². The molecule has 0 aliphatic carbocycles. The molecule has 1 rings (SSSR count). The molecule has 0 saturated heterocycles. The van der Waals surface area contributed by atoms with Crippen LogP contribution in [0.15, 0.2) is 24.3 Å². The minimum atomic E-state index is -1.36. The Hall–Kier alpha value is -0.860. The lowest BCUT2D eigenvalue weighted by Crippen LogP contribution is -1.94. The van der Waals surface area contributed by atoms with Crippen LogP contribution >= 0.6 is 0 Å². The maximum atomic E-state index is 8.84. The Morgan fingerprint density at radius 3 is 2.23 bits per heavy atom. The second-order valence-corrected chi connectivity index (χ2v) is 3.07. The van der Waals surface area contributed by atoms with Crippen LogP contribution in [-0.4, -0.2) is 10.2 Å². The summed E-state index contributed by atoms with van der Waals surface area (Å²) in [5, 5.41) is 17.7. The number of aliphatic hydroxyl groups is 2. The molecule has 0 aliphatic rings. The van der Waals surface area contributed by atoms with Gasteiger partial charge in [-0.2, -0.15) is 0 Å². The summed E-state index contributed by atoms with van der Waals surface area (Å²) in [4.78, 5) is 0. The highest BCUT2D eigenvalue weighted by Crippen LogP contribution is 2.12. The summed E-state index contributed by atoms with van der Waals surface area (Å²) in [7, 11) is 0. The highest BCUT2D eigenvalue weighted by Gasteiger charge is 2.00. The molecule has 0 heterocycles. The Morgan fingerprint density at radius 2 is 1.77 bits per heavy atom. The van der Waals surface area contributed by atoms with Gasteiger partial charge in [-0.25, -0.2) is 0 Å². The van der Waals surface area contributed by atoms with Crippen molar-refractivity contribution in [2.24, 2.45) is 0 Å². The van der Waals surface area contributed by atoms with Crippen molar-refractivity contribution in [1.82, 2.24) is 0 Å².